The average molecular weight is 391 g/mol. The third-order valence-electron chi connectivity index (χ3n) is 4.70. The molecule has 1 aliphatic heterocycles. The first-order chi connectivity index (χ1) is 13.2. The zero-order valence-corrected chi connectivity index (χ0v) is 16.7. The Morgan fingerprint density at radius 2 is 2.11 bits per heavy atom. The molecule has 2 heterocycles. The molecule has 1 aliphatic rings. The summed E-state index contributed by atoms with van der Waals surface area (Å²) in [5.41, 5.74) is 0.865. The van der Waals surface area contributed by atoms with Crippen LogP contribution in [0.3, 0.4) is 0 Å². The van der Waals surface area contributed by atoms with Gasteiger partial charge in [0.25, 0.3) is 0 Å². The summed E-state index contributed by atoms with van der Waals surface area (Å²) in [4.78, 5) is 11.5. The first kappa shape index (κ1) is 19.6. The van der Waals surface area contributed by atoms with E-state index in [9.17, 15) is 0 Å². The predicted molar refractivity (Wildman–Crippen MR) is 108 cm³/mol. The number of benzene rings is 1. The minimum atomic E-state index is 0.331. The first-order valence-corrected chi connectivity index (χ1v) is 9.92. The van der Waals surface area contributed by atoms with Gasteiger partial charge in [0.05, 0.1) is 0 Å². The maximum absolute atomic E-state index is 5.91. The fourth-order valence-electron chi connectivity index (χ4n) is 3.28. The van der Waals surface area contributed by atoms with Crippen LogP contribution in [-0.4, -0.2) is 53.2 Å². The molecular formula is C19H27ClN6O. The Morgan fingerprint density at radius 1 is 1.30 bits per heavy atom. The number of likely N-dealkylation sites (N-methyl/N-ethyl adjacent to an activating group) is 1. The number of aliphatic imine (C=N–C) groups is 1. The number of rotatable bonds is 7. The first-order valence-electron chi connectivity index (χ1n) is 9.54. The lowest BCUT2D eigenvalue weighted by Gasteiger charge is -2.23. The highest BCUT2D eigenvalue weighted by molar-refractivity contribution is 6.30. The summed E-state index contributed by atoms with van der Waals surface area (Å²) in [5, 5.41) is 11.4. The second-order valence-electron chi connectivity index (χ2n) is 6.52. The highest BCUT2D eigenvalue weighted by atomic mass is 35.5. The zero-order chi connectivity index (χ0) is 19.1. The van der Waals surface area contributed by atoms with Crippen LogP contribution in [0.15, 0.2) is 33.8 Å². The molecule has 0 amide bonds. The van der Waals surface area contributed by atoms with Crippen molar-refractivity contribution in [3.63, 3.8) is 0 Å². The van der Waals surface area contributed by atoms with Gasteiger partial charge in [-0.1, -0.05) is 23.7 Å². The van der Waals surface area contributed by atoms with Crippen molar-refractivity contribution in [2.75, 3.05) is 26.2 Å². The minimum Gasteiger partial charge on any atom is -0.357 e. The van der Waals surface area contributed by atoms with Gasteiger partial charge in [-0.3, -0.25) is 4.90 Å². The number of nitrogens with zero attached hydrogens (tertiary/aromatic N) is 4. The van der Waals surface area contributed by atoms with E-state index in [2.05, 4.69) is 44.5 Å². The Morgan fingerprint density at radius 3 is 2.85 bits per heavy atom. The molecule has 0 aliphatic carbocycles. The topological polar surface area (TPSA) is 78.6 Å². The lowest BCUT2D eigenvalue weighted by molar-refractivity contribution is 0.267. The Labute approximate surface area is 165 Å². The second-order valence-corrected chi connectivity index (χ2v) is 6.96. The van der Waals surface area contributed by atoms with Crippen LogP contribution < -0.4 is 10.6 Å². The number of likely N-dealkylation sites (tertiary alicyclic amines) is 1. The molecule has 0 spiro atoms. The molecule has 2 N–H and O–H groups in total. The van der Waals surface area contributed by atoms with Crippen LogP contribution in [0.25, 0.3) is 11.4 Å². The van der Waals surface area contributed by atoms with Gasteiger partial charge in [0.15, 0.2) is 5.96 Å². The van der Waals surface area contributed by atoms with E-state index in [0.717, 1.165) is 31.2 Å². The van der Waals surface area contributed by atoms with Gasteiger partial charge in [-0.2, -0.15) is 4.98 Å². The maximum Gasteiger partial charge on any atom is 0.248 e. The summed E-state index contributed by atoms with van der Waals surface area (Å²) in [7, 11) is 0. The lowest BCUT2D eigenvalue weighted by Crippen LogP contribution is -2.44. The number of hydrogen-bond donors (Lipinski definition) is 2. The molecule has 2 aromatic rings. The van der Waals surface area contributed by atoms with Crippen molar-refractivity contribution in [2.45, 2.75) is 39.3 Å². The summed E-state index contributed by atoms with van der Waals surface area (Å²) < 4.78 is 5.33. The lowest BCUT2D eigenvalue weighted by atomic mass is 10.2. The summed E-state index contributed by atoms with van der Waals surface area (Å²) in [6.07, 6.45) is 2.50. The van der Waals surface area contributed by atoms with Crippen molar-refractivity contribution in [1.82, 2.24) is 25.7 Å². The fourth-order valence-corrected chi connectivity index (χ4v) is 3.41. The molecule has 146 valence electrons. The summed E-state index contributed by atoms with van der Waals surface area (Å²) in [6.45, 7) is 8.56. The highest BCUT2D eigenvalue weighted by Crippen LogP contribution is 2.19. The van der Waals surface area contributed by atoms with E-state index in [1.165, 1.54) is 19.4 Å². The van der Waals surface area contributed by atoms with E-state index in [4.69, 9.17) is 16.1 Å². The standard InChI is InChI=1S/C19H27ClN6O/c1-3-21-19(22-12-16-6-5-11-26(16)4-2)23-13-17-24-18(25-27-17)14-7-9-15(20)10-8-14/h7-10,16H,3-6,11-13H2,1-2H3,(H2,21,22,23). The Bertz CT molecular complexity index is 745. The molecule has 1 atom stereocenters. The molecule has 3 rings (SSSR count). The van der Waals surface area contributed by atoms with Gasteiger partial charge in [0.2, 0.25) is 11.7 Å². The van der Waals surface area contributed by atoms with Gasteiger partial charge in [0.1, 0.15) is 6.54 Å². The van der Waals surface area contributed by atoms with E-state index in [-0.39, 0.29) is 0 Å². The second kappa shape index (κ2) is 9.71. The van der Waals surface area contributed by atoms with Crippen LogP contribution in [-0.2, 0) is 6.54 Å². The summed E-state index contributed by atoms with van der Waals surface area (Å²) in [6, 6.07) is 7.92. The fraction of sp³-hybridized carbons (Fsp3) is 0.526. The van der Waals surface area contributed by atoms with E-state index in [1.54, 1.807) is 12.1 Å². The molecule has 0 bridgehead atoms. The number of nitrogens with one attached hydrogen (secondary N) is 2. The number of guanidine groups is 1. The highest BCUT2D eigenvalue weighted by Gasteiger charge is 2.22. The van der Waals surface area contributed by atoms with Gasteiger partial charge >= 0.3 is 0 Å². The van der Waals surface area contributed by atoms with Gasteiger partial charge in [-0.25, -0.2) is 4.99 Å². The molecule has 0 saturated carbocycles. The SMILES string of the molecule is CCNC(=NCc1nc(-c2ccc(Cl)cc2)no1)NCC1CCCN1CC. The molecule has 1 saturated heterocycles. The van der Waals surface area contributed by atoms with Gasteiger partial charge in [-0.15, -0.1) is 0 Å². The molecule has 8 heteroatoms. The molecule has 1 unspecified atom stereocenters. The molecule has 1 aromatic heterocycles. The van der Waals surface area contributed by atoms with Crippen molar-refractivity contribution in [2.24, 2.45) is 4.99 Å². The van der Waals surface area contributed by atoms with Gasteiger partial charge in [0, 0.05) is 29.7 Å². The van der Waals surface area contributed by atoms with Crippen LogP contribution in [0.5, 0.6) is 0 Å². The normalized spacial score (nSPS) is 18.0. The van der Waals surface area contributed by atoms with Crippen molar-refractivity contribution in [3.8, 4) is 11.4 Å². The monoisotopic (exact) mass is 390 g/mol. The van der Waals surface area contributed by atoms with E-state index < -0.39 is 0 Å². The van der Waals surface area contributed by atoms with Crippen molar-refractivity contribution < 1.29 is 4.52 Å². The maximum atomic E-state index is 5.91. The van der Waals surface area contributed by atoms with Crippen molar-refractivity contribution in [3.05, 3.63) is 35.2 Å². The molecule has 1 fully saturated rings. The third-order valence-corrected chi connectivity index (χ3v) is 4.95. The third kappa shape index (κ3) is 5.43. The number of aromatic nitrogens is 2. The van der Waals surface area contributed by atoms with E-state index in [1.807, 2.05) is 12.1 Å². The van der Waals surface area contributed by atoms with Crippen LogP contribution in [0.4, 0.5) is 0 Å². The average Bonchev–Trinajstić information content (AvgIpc) is 3.33. The zero-order valence-electron chi connectivity index (χ0n) is 15.9. The summed E-state index contributed by atoms with van der Waals surface area (Å²) >= 11 is 5.91. The van der Waals surface area contributed by atoms with Crippen LogP contribution in [0, 0.1) is 0 Å². The smallest absolute Gasteiger partial charge is 0.248 e. The largest absolute Gasteiger partial charge is 0.357 e. The molecular weight excluding hydrogens is 364 g/mol. The predicted octanol–water partition coefficient (Wildman–Crippen LogP) is 2.93. The quantitative estimate of drug-likeness (QED) is 0.559. The molecule has 0 radical (unpaired) electrons. The van der Waals surface area contributed by atoms with Crippen LogP contribution in [0.2, 0.25) is 5.02 Å². The Hall–Kier alpha value is -2.12. The van der Waals surface area contributed by atoms with Crippen LogP contribution in [0.1, 0.15) is 32.6 Å². The number of halogens is 1. The Balaban J connectivity index is 1.59. The van der Waals surface area contributed by atoms with E-state index in [0.29, 0.717) is 29.3 Å². The number of hydrogen-bond acceptors (Lipinski definition) is 5. The van der Waals surface area contributed by atoms with Gasteiger partial charge < -0.3 is 15.2 Å². The van der Waals surface area contributed by atoms with Crippen LogP contribution >= 0.6 is 11.6 Å². The van der Waals surface area contributed by atoms with Crippen molar-refractivity contribution >= 4 is 17.6 Å². The molecule has 27 heavy (non-hydrogen) atoms. The minimum absolute atomic E-state index is 0.331. The Kier molecular flexibility index (Phi) is 7.06. The van der Waals surface area contributed by atoms with Crippen molar-refractivity contribution in [1.29, 1.82) is 0 Å². The molecule has 1 aromatic carbocycles. The summed E-state index contributed by atoms with van der Waals surface area (Å²) in [5.74, 6) is 1.79. The van der Waals surface area contributed by atoms with E-state index >= 15 is 0 Å². The van der Waals surface area contributed by atoms with Gasteiger partial charge in [-0.05, 0) is 57.1 Å². The molecule has 7 nitrogen and oxygen atoms in total.